The number of piperazine rings is 1. The molecule has 6 heteroatoms. The number of nitrogens with one attached hydrogen (secondary N) is 1. The topological polar surface area (TPSA) is 37.4 Å². The van der Waals surface area contributed by atoms with Crippen LogP contribution < -0.4 is 10.1 Å². The number of ether oxygens (including phenoxy) is 1. The number of hydrogen-bond acceptors (Lipinski definition) is 5. The molecule has 0 radical (unpaired) electrons. The second-order valence-electron chi connectivity index (χ2n) is 6.62. The van der Waals surface area contributed by atoms with Gasteiger partial charge in [-0.2, -0.15) is 0 Å². The maximum atomic E-state index is 5.92. The molecular formula is C19H20ClN3OS. The van der Waals surface area contributed by atoms with Gasteiger partial charge in [0.2, 0.25) is 0 Å². The Hall–Kier alpha value is -1.66. The molecule has 2 aliphatic rings. The molecule has 1 aromatic heterocycles. The molecule has 2 aliphatic heterocycles. The number of benzene rings is 2. The summed E-state index contributed by atoms with van der Waals surface area (Å²) in [5.41, 5.74) is 2.34. The summed E-state index contributed by atoms with van der Waals surface area (Å²) < 4.78 is 7.08. The minimum atomic E-state index is 0. The summed E-state index contributed by atoms with van der Waals surface area (Å²) in [7, 11) is 0. The van der Waals surface area contributed by atoms with Gasteiger partial charge in [-0.3, -0.25) is 4.90 Å². The molecule has 3 heterocycles. The second kappa shape index (κ2) is 6.92. The van der Waals surface area contributed by atoms with E-state index in [0.29, 0.717) is 17.3 Å². The molecule has 2 fully saturated rings. The van der Waals surface area contributed by atoms with Crippen LogP contribution in [0.15, 0.2) is 48.5 Å². The van der Waals surface area contributed by atoms with E-state index in [0.717, 1.165) is 29.1 Å². The average Bonchev–Trinajstić information content (AvgIpc) is 3.31. The largest absolute Gasteiger partial charge is 0.431 e. The fourth-order valence-electron chi connectivity index (χ4n) is 3.73. The Morgan fingerprint density at radius 2 is 2.00 bits per heavy atom. The molecule has 2 saturated heterocycles. The van der Waals surface area contributed by atoms with E-state index in [9.17, 15) is 0 Å². The van der Waals surface area contributed by atoms with Crippen molar-refractivity contribution in [3.63, 3.8) is 0 Å². The van der Waals surface area contributed by atoms with Crippen molar-refractivity contribution in [2.45, 2.75) is 25.0 Å². The molecule has 0 amide bonds. The first kappa shape index (κ1) is 16.8. The summed E-state index contributed by atoms with van der Waals surface area (Å²) in [5.74, 6) is 0.849. The number of fused-ring (bicyclic) bond motifs is 3. The normalized spacial score (nSPS) is 22.2. The van der Waals surface area contributed by atoms with Crippen LogP contribution in [0.2, 0.25) is 0 Å². The van der Waals surface area contributed by atoms with E-state index in [1.807, 2.05) is 30.3 Å². The molecule has 25 heavy (non-hydrogen) atoms. The molecule has 5 rings (SSSR count). The number of para-hydroxylation sites is 1. The summed E-state index contributed by atoms with van der Waals surface area (Å²) in [6.07, 6.45) is 1.30. The molecule has 3 aromatic rings. The summed E-state index contributed by atoms with van der Waals surface area (Å²) >= 11 is 1.58. The number of halogens is 1. The van der Waals surface area contributed by atoms with Gasteiger partial charge in [0.25, 0.3) is 5.19 Å². The van der Waals surface area contributed by atoms with Crippen molar-refractivity contribution < 1.29 is 4.74 Å². The van der Waals surface area contributed by atoms with Crippen LogP contribution in [0, 0.1) is 0 Å². The fourth-order valence-corrected chi connectivity index (χ4v) is 4.57. The lowest BCUT2D eigenvalue weighted by Crippen LogP contribution is -2.42. The number of nitrogens with zero attached hydrogens (tertiary/aromatic N) is 2. The molecule has 0 spiro atoms. The van der Waals surface area contributed by atoms with Gasteiger partial charge in [-0.15, -0.1) is 12.4 Å². The van der Waals surface area contributed by atoms with Crippen molar-refractivity contribution in [2.24, 2.45) is 0 Å². The number of likely N-dealkylation sites (tertiary alicyclic amines) is 1. The third kappa shape index (κ3) is 3.37. The Kier molecular flexibility index (Phi) is 4.65. The lowest BCUT2D eigenvalue weighted by Gasteiger charge is -2.27. The van der Waals surface area contributed by atoms with Gasteiger partial charge in [-0.1, -0.05) is 35.6 Å². The first-order valence-corrected chi connectivity index (χ1v) is 9.25. The Labute approximate surface area is 157 Å². The van der Waals surface area contributed by atoms with Crippen LogP contribution in [0.1, 0.15) is 12.0 Å². The Morgan fingerprint density at radius 1 is 1.16 bits per heavy atom. The van der Waals surface area contributed by atoms with Crippen molar-refractivity contribution in [3.05, 3.63) is 54.1 Å². The molecule has 2 aromatic carbocycles. The SMILES string of the molecule is Cl.c1ccc2sc(Oc3ccc(CN4CC5CC4CN5)cc3)nc2c1. The zero-order valence-electron chi connectivity index (χ0n) is 13.7. The van der Waals surface area contributed by atoms with Gasteiger partial charge in [0.15, 0.2) is 0 Å². The van der Waals surface area contributed by atoms with Crippen LogP contribution in [0.25, 0.3) is 10.2 Å². The molecule has 2 bridgehead atoms. The first-order valence-electron chi connectivity index (χ1n) is 8.43. The van der Waals surface area contributed by atoms with Crippen molar-refractivity contribution in [3.8, 4) is 10.9 Å². The van der Waals surface area contributed by atoms with Crippen LogP contribution in [-0.2, 0) is 6.54 Å². The second-order valence-corrected chi connectivity index (χ2v) is 7.61. The van der Waals surface area contributed by atoms with Crippen LogP contribution in [0.4, 0.5) is 0 Å². The van der Waals surface area contributed by atoms with Crippen LogP contribution in [0.3, 0.4) is 0 Å². The number of hydrogen-bond donors (Lipinski definition) is 1. The highest BCUT2D eigenvalue weighted by atomic mass is 35.5. The lowest BCUT2D eigenvalue weighted by atomic mass is 10.2. The predicted octanol–water partition coefficient (Wildman–Crippen LogP) is 4.06. The zero-order chi connectivity index (χ0) is 15.9. The minimum absolute atomic E-state index is 0. The Bertz CT molecular complexity index is 833. The van der Waals surface area contributed by atoms with Gasteiger partial charge in [0, 0.05) is 31.7 Å². The van der Waals surface area contributed by atoms with E-state index in [4.69, 9.17) is 4.74 Å². The van der Waals surface area contributed by atoms with Gasteiger partial charge >= 0.3 is 0 Å². The van der Waals surface area contributed by atoms with Gasteiger partial charge in [-0.05, 0) is 36.2 Å². The molecule has 2 unspecified atom stereocenters. The molecule has 0 saturated carbocycles. The molecule has 2 atom stereocenters. The smallest absolute Gasteiger partial charge is 0.279 e. The van der Waals surface area contributed by atoms with Gasteiger partial charge in [0.05, 0.1) is 10.2 Å². The monoisotopic (exact) mass is 373 g/mol. The van der Waals surface area contributed by atoms with E-state index in [-0.39, 0.29) is 12.4 Å². The molecule has 130 valence electrons. The Morgan fingerprint density at radius 3 is 2.72 bits per heavy atom. The van der Waals surface area contributed by atoms with Crippen molar-refractivity contribution in [2.75, 3.05) is 13.1 Å². The average molecular weight is 374 g/mol. The standard InChI is InChI=1S/C19H19N3OS.ClH/c1-2-4-18-17(3-1)21-19(24-18)23-16-7-5-13(6-8-16)11-22-12-14-9-15(22)10-20-14;/h1-8,14-15,20H,9-12H2;1H. The van der Waals surface area contributed by atoms with Gasteiger partial charge < -0.3 is 10.1 Å². The van der Waals surface area contributed by atoms with Gasteiger partial charge in [-0.25, -0.2) is 4.98 Å². The van der Waals surface area contributed by atoms with Crippen LogP contribution >= 0.6 is 23.7 Å². The summed E-state index contributed by atoms with van der Waals surface area (Å²) in [6.45, 7) is 3.35. The number of rotatable bonds is 4. The Balaban J connectivity index is 0.00000157. The van der Waals surface area contributed by atoms with E-state index >= 15 is 0 Å². The maximum absolute atomic E-state index is 5.92. The quantitative estimate of drug-likeness (QED) is 0.748. The van der Waals surface area contributed by atoms with Crippen molar-refractivity contribution in [1.29, 1.82) is 0 Å². The fraction of sp³-hybridized carbons (Fsp3) is 0.316. The molecular weight excluding hydrogens is 354 g/mol. The van der Waals surface area contributed by atoms with Crippen molar-refractivity contribution >= 4 is 34.0 Å². The molecule has 0 aliphatic carbocycles. The number of aromatic nitrogens is 1. The number of thiazole rings is 1. The molecule has 1 N–H and O–H groups in total. The highest BCUT2D eigenvalue weighted by molar-refractivity contribution is 7.20. The predicted molar refractivity (Wildman–Crippen MR) is 104 cm³/mol. The van der Waals surface area contributed by atoms with E-state index in [2.05, 4.69) is 33.4 Å². The minimum Gasteiger partial charge on any atom is -0.431 e. The first-order chi connectivity index (χ1) is 11.8. The third-order valence-corrected chi connectivity index (χ3v) is 5.87. The van der Waals surface area contributed by atoms with Gasteiger partial charge in [0.1, 0.15) is 5.75 Å². The highest BCUT2D eigenvalue weighted by Crippen LogP contribution is 2.31. The van der Waals surface area contributed by atoms with Crippen LogP contribution in [-0.4, -0.2) is 35.1 Å². The maximum Gasteiger partial charge on any atom is 0.279 e. The van der Waals surface area contributed by atoms with E-state index < -0.39 is 0 Å². The molecule has 4 nitrogen and oxygen atoms in total. The summed E-state index contributed by atoms with van der Waals surface area (Å²) in [5, 5.41) is 4.25. The zero-order valence-corrected chi connectivity index (χ0v) is 15.4. The van der Waals surface area contributed by atoms with E-state index in [1.54, 1.807) is 11.3 Å². The lowest BCUT2D eigenvalue weighted by molar-refractivity contribution is 0.218. The highest BCUT2D eigenvalue weighted by Gasteiger charge is 2.37. The van der Waals surface area contributed by atoms with E-state index in [1.165, 1.54) is 18.5 Å². The van der Waals surface area contributed by atoms with Crippen molar-refractivity contribution in [1.82, 2.24) is 15.2 Å². The summed E-state index contributed by atoms with van der Waals surface area (Å²) in [4.78, 5) is 7.11. The van der Waals surface area contributed by atoms with Crippen LogP contribution in [0.5, 0.6) is 10.9 Å². The third-order valence-electron chi connectivity index (χ3n) is 4.96. The summed E-state index contributed by atoms with van der Waals surface area (Å²) in [6, 6.07) is 18.0.